The lowest BCUT2D eigenvalue weighted by Crippen LogP contribution is -2.37. The van der Waals surface area contributed by atoms with Crippen LogP contribution in [-0.2, 0) is 38.8 Å². The Kier molecular flexibility index (Phi) is 11.4. The Balaban J connectivity index is 0.891. The molecule has 0 bridgehead atoms. The molecule has 0 radical (unpaired) electrons. The van der Waals surface area contributed by atoms with Crippen LogP contribution >= 0.6 is 0 Å². The number of aromatic nitrogens is 3. The Morgan fingerprint density at radius 3 is 2.36 bits per heavy atom. The fraction of sp³-hybridized carbons (Fsp3) is 0.302. The van der Waals surface area contributed by atoms with Crippen LogP contribution in [0.25, 0.3) is 0 Å². The maximum absolute atomic E-state index is 13.6. The predicted octanol–water partition coefficient (Wildman–Crippen LogP) is 4.89. The summed E-state index contributed by atoms with van der Waals surface area (Å²) >= 11 is 0. The van der Waals surface area contributed by atoms with Crippen molar-refractivity contribution in [2.45, 2.75) is 45.1 Å². The average Bonchev–Trinajstić information content (AvgIpc) is 3.94. The Labute approximate surface area is 335 Å². The van der Waals surface area contributed by atoms with E-state index in [2.05, 4.69) is 20.9 Å². The Morgan fingerprint density at radius 2 is 1.57 bits per heavy atom. The smallest absolute Gasteiger partial charge is 0.272 e. The third kappa shape index (κ3) is 8.34. The van der Waals surface area contributed by atoms with Gasteiger partial charge < -0.3 is 39.5 Å². The van der Waals surface area contributed by atoms with Gasteiger partial charge in [-0.25, -0.2) is 0 Å². The minimum Gasteiger partial charge on any atom is -0.493 e. The van der Waals surface area contributed by atoms with Crippen LogP contribution in [0.5, 0.6) is 5.75 Å². The van der Waals surface area contributed by atoms with Gasteiger partial charge in [-0.3, -0.25) is 33.9 Å². The third-order valence-electron chi connectivity index (χ3n) is 10.3. The number of ether oxygens (including phenoxy) is 1. The zero-order chi connectivity index (χ0) is 41.1. The van der Waals surface area contributed by atoms with Crippen LogP contribution in [0.3, 0.4) is 0 Å². The lowest BCUT2D eigenvalue weighted by Gasteiger charge is -2.21. The number of aryl methyl sites for hydroxylation is 4. The predicted molar refractivity (Wildman–Crippen MR) is 220 cm³/mol. The number of anilines is 3. The van der Waals surface area contributed by atoms with E-state index in [1.54, 1.807) is 77.7 Å². The van der Waals surface area contributed by atoms with E-state index < -0.39 is 5.91 Å². The summed E-state index contributed by atoms with van der Waals surface area (Å²) in [6.45, 7) is 2.46. The number of fused-ring (bicyclic) bond motifs is 4. The van der Waals surface area contributed by atoms with Crippen LogP contribution in [0.15, 0.2) is 78.2 Å². The number of aliphatic imine (C=N–C) groups is 1. The first-order valence-electron chi connectivity index (χ1n) is 19.1. The minimum absolute atomic E-state index is 0.0284. The number of aliphatic hydroxyl groups is 1. The molecule has 3 aromatic heterocycles. The normalized spacial score (nSPS) is 14.1. The summed E-state index contributed by atoms with van der Waals surface area (Å²) in [5, 5.41) is 17.4. The second-order valence-corrected chi connectivity index (χ2v) is 14.7. The van der Waals surface area contributed by atoms with Gasteiger partial charge in [0, 0.05) is 90.1 Å². The average molecular weight is 787 g/mol. The topological polar surface area (TPSA) is 181 Å². The number of rotatable bonds is 15. The molecular formula is C43H46N8O7. The first kappa shape index (κ1) is 39.5. The van der Waals surface area contributed by atoms with Crippen LogP contribution in [0.4, 0.5) is 22.7 Å². The molecule has 300 valence electrons. The van der Waals surface area contributed by atoms with Crippen LogP contribution in [0.1, 0.15) is 77.8 Å². The van der Waals surface area contributed by atoms with Gasteiger partial charge in [0.25, 0.3) is 17.7 Å². The molecule has 5 heterocycles. The molecule has 0 spiro atoms. The number of hydrogen-bond donors (Lipinski definition) is 4. The van der Waals surface area contributed by atoms with Gasteiger partial charge in [0.1, 0.15) is 17.1 Å². The summed E-state index contributed by atoms with van der Waals surface area (Å²) in [7, 11) is 5.13. The van der Waals surface area contributed by atoms with Gasteiger partial charge in [-0.05, 0) is 66.8 Å². The number of nitrogens with one attached hydrogen (secondary N) is 3. The molecular weight excluding hydrogens is 741 g/mol. The number of aliphatic hydroxyl groups excluding tert-OH is 1. The summed E-state index contributed by atoms with van der Waals surface area (Å²) < 4.78 is 10.9. The van der Waals surface area contributed by atoms with E-state index >= 15 is 0 Å². The van der Waals surface area contributed by atoms with E-state index in [0.717, 1.165) is 23.2 Å². The number of amides is 4. The van der Waals surface area contributed by atoms with Crippen LogP contribution < -0.4 is 25.6 Å². The van der Waals surface area contributed by atoms with E-state index in [9.17, 15) is 24.0 Å². The van der Waals surface area contributed by atoms with Crippen molar-refractivity contribution in [1.82, 2.24) is 19.0 Å². The van der Waals surface area contributed by atoms with Crippen LogP contribution in [0, 0.1) is 6.92 Å². The summed E-state index contributed by atoms with van der Waals surface area (Å²) in [6, 6.07) is 16.2. The van der Waals surface area contributed by atoms with Crippen molar-refractivity contribution >= 4 is 58.4 Å². The quantitative estimate of drug-likeness (QED) is 0.0862. The van der Waals surface area contributed by atoms with Crippen molar-refractivity contribution in [3.8, 4) is 5.75 Å². The van der Waals surface area contributed by atoms with Crippen molar-refractivity contribution in [3.05, 3.63) is 113 Å². The number of ketones is 1. The molecule has 1 atom stereocenters. The maximum atomic E-state index is 13.6. The summed E-state index contributed by atoms with van der Waals surface area (Å²) in [5.41, 5.74) is 6.56. The molecule has 4 amide bonds. The highest BCUT2D eigenvalue weighted by Gasteiger charge is 2.36. The molecule has 7 rings (SSSR count). The lowest BCUT2D eigenvalue weighted by molar-refractivity contribution is -0.116. The molecule has 15 heteroatoms. The van der Waals surface area contributed by atoms with E-state index in [-0.39, 0.29) is 55.6 Å². The number of benzene rings is 2. The fourth-order valence-electron chi connectivity index (χ4n) is 7.41. The second kappa shape index (κ2) is 16.8. The Morgan fingerprint density at radius 1 is 0.862 bits per heavy atom. The molecule has 58 heavy (non-hydrogen) atoms. The zero-order valence-corrected chi connectivity index (χ0v) is 32.9. The summed E-state index contributed by atoms with van der Waals surface area (Å²) in [6.07, 6.45) is 8.66. The van der Waals surface area contributed by atoms with Gasteiger partial charge in [0.2, 0.25) is 5.91 Å². The first-order chi connectivity index (χ1) is 27.9. The molecule has 2 aliphatic rings. The number of hydrogen-bond acceptors (Lipinski definition) is 8. The number of carbonyl (C=O) groups is 5. The molecule has 2 aliphatic heterocycles. The highest BCUT2D eigenvalue weighted by Crippen LogP contribution is 2.38. The van der Waals surface area contributed by atoms with E-state index in [4.69, 9.17) is 9.84 Å². The van der Waals surface area contributed by atoms with E-state index in [1.807, 2.05) is 48.4 Å². The van der Waals surface area contributed by atoms with Crippen molar-refractivity contribution < 1.29 is 33.8 Å². The minimum atomic E-state index is -0.403. The molecule has 0 aliphatic carbocycles. The standard InChI is InChI=1S/C43H46N8O7/c1-26-15-32-33(45-22-31-18-28-9-5-6-10-34(28)51(31)43(32)57)21-39(26)58-14-7-11-40(54)46-29-19-35(49(3)24-29)38(53)17-27-16-36(48(2)23-27)42(56)47-30-20-37(50(4)25-30)41(55)44-12-8-13-52/h5-6,9-10,15-16,19-25,31,52H,7-8,11-14,17-18H2,1-4H3,(H,44,55)(H,46,54)(H,47,56)/t31-/m0/s1. The van der Waals surface area contributed by atoms with Gasteiger partial charge in [-0.1, -0.05) is 18.2 Å². The third-order valence-corrected chi connectivity index (χ3v) is 10.3. The molecule has 0 saturated heterocycles. The SMILES string of the molecule is Cc1cc2c(cc1OCCCC(=O)Nc1cc(C(=O)Cc3cc(C(=O)Nc4cc(C(=O)NCCCO)n(C)c4)n(C)c3)n(C)c1)N=C[C@@H]1Cc3ccccc3N1C2=O. The number of para-hydroxylation sites is 1. The second-order valence-electron chi connectivity index (χ2n) is 14.7. The molecule has 15 nitrogen and oxygen atoms in total. The van der Waals surface area contributed by atoms with Gasteiger partial charge >= 0.3 is 0 Å². The van der Waals surface area contributed by atoms with Gasteiger partial charge in [-0.2, -0.15) is 0 Å². The first-order valence-corrected chi connectivity index (χ1v) is 19.1. The van der Waals surface area contributed by atoms with E-state index in [1.165, 1.54) is 0 Å². The maximum Gasteiger partial charge on any atom is 0.272 e. The number of carbonyl (C=O) groups excluding carboxylic acids is 5. The van der Waals surface area contributed by atoms with Crippen LogP contribution in [0.2, 0.25) is 0 Å². The summed E-state index contributed by atoms with van der Waals surface area (Å²) in [4.78, 5) is 72.0. The highest BCUT2D eigenvalue weighted by molar-refractivity contribution is 6.14. The summed E-state index contributed by atoms with van der Waals surface area (Å²) in [5.74, 6) is -0.629. The van der Waals surface area contributed by atoms with Gasteiger partial charge in [0.05, 0.1) is 41.0 Å². The number of nitrogens with zero attached hydrogens (tertiary/aromatic N) is 5. The van der Waals surface area contributed by atoms with Crippen molar-refractivity contribution in [2.75, 3.05) is 35.3 Å². The Bertz CT molecular complexity index is 2450. The van der Waals surface area contributed by atoms with E-state index in [0.29, 0.717) is 70.4 Å². The molecule has 0 fully saturated rings. The van der Waals surface area contributed by atoms with Crippen molar-refractivity contribution in [2.24, 2.45) is 26.1 Å². The molecule has 0 unspecified atom stereocenters. The largest absolute Gasteiger partial charge is 0.493 e. The van der Waals surface area contributed by atoms with Gasteiger partial charge in [0.15, 0.2) is 5.78 Å². The molecule has 5 aromatic rings. The molecule has 4 N–H and O–H groups in total. The van der Waals surface area contributed by atoms with Crippen molar-refractivity contribution in [3.63, 3.8) is 0 Å². The number of Topliss-reactive ketones (excluding diaryl/α,β-unsaturated/α-hetero) is 1. The van der Waals surface area contributed by atoms with Gasteiger partial charge in [-0.15, -0.1) is 0 Å². The molecule has 0 saturated carbocycles. The zero-order valence-electron chi connectivity index (χ0n) is 32.9. The highest BCUT2D eigenvalue weighted by atomic mass is 16.5. The van der Waals surface area contributed by atoms with Crippen LogP contribution in [-0.4, -0.2) is 80.2 Å². The molecule has 2 aromatic carbocycles. The Hall–Kier alpha value is -6.74. The lowest BCUT2D eigenvalue weighted by atomic mass is 10.1. The van der Waals surface area contributed by atoms with Crippen molar-refractivity contribution in [1.29, 1.82) is 0 Å². The fourth-order valence-corrected chi connectivity index (χ4v) is 7.41. The monoisotopic (exact) mass is 786 g/mol.